The van der Waals surface area contributed by atoms with Crippen molar-refractivity contribution in [1.82, 2.24) is 4.98 Å². The Labute approximate surface area is 104 Å². The van der Waals surface area contributed by atoms with E-state index in [1.165, 1.54) is 12.3 Å². The van der Waals surface area contributed by atoms with Gasteiger partial charge in [0.1, 0.15) is 5.82 Å². The number of carboxylic acid groups (broad SMARTS) is 1. The van der Waals surface area contributed by atoms with Crippen LogP contribution in [0, 0.1) is 0 Å². The molecule has 1 fully saturated rings. The molecule has 2 heterocycles. The predicted octanol–water partition coefficient (Wildman–Crippen LogP) is 2.02. The lowest BCUT2D eigenvalue weighted by atomic mass is 10.1. The smallest absolute Gasteiger partial charge is 0.337 e. The van der Waals surface area contributed by atoms with E-state index in [9.17, 15) is 4.79 Å². The lowest BCUT2D eigenvalue weighted by molar-refractivity contribution is 0.0696. The third-order valence-electron chi connectivity index (χ3n) is 2.79. The van der Waals surface area contributed by atoms with Crippen LogP contribution in [0.2, 0.25) is 5.02 Å². The average molecular weight is 257 g/mol. The van der Waals surface area contributed by atoms with Crippen LogP contribution in [0.1, 0.15) is 23.7 Å². The molecular formula is C11H13ClN2O3. The maximum Gasteiger partial charge on any atom is 0.337 e. The molecule has 5 nitrogen and oxygen atoms in total. The molecule has 6 heteroatoms. The van der Waals surface area contributed by atoms with E-state index in [0.717, 1.165) is 6.42 Å². The van der Waals surface area contributed by atoms with Gasteiger partial charge in [-0.25, -0.2) is 9.78 Å². The Morgan fingerprint density at radius 2 is 2.47 bits per heavy atom. The van der Waals surface area contributed by atoms with Gasteiger partial charge in [0.25, 0.3) is 0 Å². The molecule has 0 radical (unpaired) electrons. The second kappa shape index (κ2) is 4.89. The van der Waals surface area contributed by atoms with Gasteiger partial charge in [0.15, 0.2) is 0 Å². The van der Waals surface area contributed by atoms with E-state index in [2.05, 4.69) is 10.3 Å². The van der Waals surface area contributed by atoms with E-state index >= 15 is 0 Å². The molecule has 17 heavy (non-hydrogen) atoms. The summed E-state index contributed by atoms with van der Waals surface area (Å²) >= 11 is 5.97. The van der Waals surface area contributed by atoms with Crippen LogP contribution in [0.3, 0.4) is 0 Å². The summed E-state index contributed by atoms with van der Waals surface area (Å²) in [5.41, 5.74) is 0.0799. The van der Waals surface area contributed by atoms with Gasteiger partial charge in [-0.3, -0.25) is 0 Å². The highest BCUT2D eigenvalue weighted by atomic mass is 35.5. The van der Waals surface area contributed by atoms with Crippen LogP contribution >= 0.6 is 11.6 Å². The van der Waals surface area contributed by atoms with Gasteiger partial charge < -0.3 is 15.2 Å². The average Bonchev–Trinajstić information content (AvgIpc) is 2.67. The summed E-state index contributed by atoms with van der Waals surface area (Å²) in [5, 5.41) is 12.3. The number of ether oxygens (including phenoxy) is 1. The van der Waals surface area contributed by atoms with E-state index in [1.54, 1.807) is 0 Å². The number of halogens is 1. The van der Waals surface area contributed by atoms with Crippen molar-refractivity contribution >= 4 is 23.4 Å². The molecule has 0 aliphatic carbocycles. The first-order chi connectivity index (χ1) is 8.08. The van der Waals surface area contributed by atoms with Crippen LogP contribution in [0.4, 0.5) is 5.82 Å². The summed E-state index contributed by atoms with van der Waals surface area (Å²) in [4.78, 5) is 14.7. The largest absolute Gasteiger partial charge is 0.478 e. The van der Waals surface area contributed by atoms with Gasteiger partial charge in [0, 0.05) is 12.8 Å². The van der Waals surface area contributed by atoms with Crippen molar-refractivity contribution in [2.45, 2.75) is 25.5 Å². The van der Waals surface area contributed by atoms with Crippen LogP contribution in [-0.2, 0) is 4.74 Å². The van der Waals surface area contributed by atoms with Crippen molar-refractivity contribution in [2.75, 3.05) is 11.9 Å². The van der Waals surface area contributed by atoms with Crippen molar-refractivity contribution in [1.29, 1.82) is 0 Å². The van der Waals surface area contributed by atoms with Crippen LogP contribution in [-0.4, -0.2) is 34.8 Å². The molecule has 0 spiro atoms. The highest BCUT2D eigenvalue weighted by Crippen LogP contribution is 2.24. The Bertz CT molecular complexity index is 439. The molecule has 2 atom stereocenters. The van der Waals surface area contributed by atoms with Crippen LogP contribution in [0.15, 0.2) is 12.3 Å². The fourth-order valence-electron chi connectivity index (χ4n) is 1.76. The quantitative estimate of drug-likeness (QED) is 0.866. The minimum Gasteiger partial charge on any atom is -0.478 e. The normalized spacial score (nSPS) is 23.6. The lowest BCUT2D eigenvalue weighted by Gasteiger charge is -2.17. The van der Waals surface area contributed by atoms with Gasteiger partial charge in [-0.15, -0.1) is 0 Å². The van der Waals surface area contributed by atoms with Crippen molar-refractivity contribution in [3.63, 3.8) is 0 Å². The first kappa shape index (κ1) is 12.1. The summed E-state index contributed by atoms with van der Waals surface area (Å²) in [6, 6.07) is 1.55. The first-order valence-electron chi connectivity index (χ1n) is 5.35. The number of hydrogen-bond acceptors (Lipinski definition) is 4. The molecule has 1 saturated heterocycles. The monoisotopic (exact) mass is 256 g/mol. The molecule has 1 aliphatic heterocycles. The number of hydrogen-bond donors (Lipinski definition) is 2. The highest BCUT2D eigenvalue weighted by molar-refractivity contribution is 6.33. The molecule has 0 aromatic carbocycles. The van der Waals surface area contributed by atoms with Crippen LogP contribution in [0.5, 0.6) is 0 Å². The molecule has 0 amide bonds. The number of carboxylic acids is 1. The van der Waals surface area contributed by atoms with Crippen molar-refractivity contribution in [3.8, 4) is 0 Å². The molecule has 0 saturated carbocycles. The molecule has 2 unspecified atom stereocenters. The summed E-state index contributed by atoms with van der Waals surface area (Å²) in [5.74, 6) is -0.539. The molecule has 0 bridgehead atoms. The number of nitrogens with one attached hydrogen (secondary N) is 1. The van der Waals surface area contributed by atoms with Crippen LogP contribution < -0.4 is 5.32 Å². The zero-order chi connectivity index (χ0) is 12.4. The summed E-state index contributed by atoms with van der Waals surface area (Å²) < 4.78 is 5.41. The Morgan fingerprint density at radius 3 is 3.00 bits per heavy atom. The lowest BCUT2D eigenvalue weighted by Crippen LogP contribution is -2.27. The highest BCUT2D eigenvalue weighted by Gasteiger charge is 2.25. The van der Waals surface area contributed by atoms with E-state index in [1.807, 2.05) is 6.92 Å². The fraction of sp³-hybridized carbons (Fsp3) is 0.455. The van der Waals surface area contributed by atoms with Crippen LogP contribution in [0.25, 0.3) is 0 Å². The van der Waals surface area contributed by atoms with Gasteiger partial charge >= 0.3 is 5.97 Å². The van der Waals surface area contributed by atoms with Gasteiger partial charge in [-0.05, 0) is 19.4 Å². The number of rotatable bonds is 3. The van der Waals surface area contributed by atoms with Gasteiger partial charge in [-0.1, -0.05) is 11.6 Å². The zero-order valence-electron chi connectivity index (χ0n) is 9.31. The number of nitrogens with zero attached hydrogens (tertiary/aromatic N) is 1. The maximum absolute atomic E-state index is 10.7. The molecular weight excluding hydrogens is 244 g/mol. The molecule has 2 N–H and O–H groups in total. The van der Waals surface area contributed by atoms with Gasteiger partial charge in [0.05, 0.1) is 22.7 Å². The second-order valence-corrected chi connectivity index (χ2v) is 4.38. The zero-order valence-corrected chi connectivity index (χ0v) is 10.1. The summed E-state index contributed by atoms with van der Waals surface area (Å²) in [6.07, 6.45) is 2.28. The number of aromatic nitrogens is 1. The van der Waals surface area contributed by atoms with E-state index in [-0.39, 0.29) is 17.7 Å². The van der Waals surface area contributed by atoms with Gasteiger partial charge in [0.2, 0.25) is 0 Å². The Kier molecular flexibility index (Phi) is 3.49. The molecule has 1 aromatic heterocycles. The maximum atomic E-state index is 10.7. The summed E-state index contributed by atoms with van der Waals surface area (Å²) in [6.45, 7) is 2.69. The molecule has 92 valence electrons. The van der Waals surface area contributed by atoms with Gasteiger partial charge in [-0.2, -0.15) is 0 Å². The predicted molar refractivity (Wildman–Crippen MR) is 63.6 cm³/mol. The minimum atomic E-state index is -1.04. The topological polar surface area (TPSA) is 71.5 Å². The third-order valence-corrected chi connectivity index (χ3v) is 3.07. The standard InChI is InChI=1S/C11H13ClN2O3/c1-6-9(2-3-17-6)14-10-8(12)4-7(5-13-10)11(15)16/h4-6,9H,2-3H2,1H3,(H,13,14)(H,15,16). The molecule has 1 aromatic rings. The number of pyridine rings is 1. The number of carbonyl (C=O) groups is 1. The van der Waals surface area contributed by atoms with Crippen molar-refractivity contribution in [2.24, 2.45) is 0 Å². The third kappa shape index (κ3) is 2.68. The minimum absolute atomic E-state index is 0.0799. The van der Waals surface area contributed by atoms with E-state index in [4.69, 9.17) is 21.4 Å². The SMILES string of the molecule is CC1OCCC1Nc1ncc(C(=O)O)cc1Cl. The second-order valence-electron chi connectivity index (χ2n) is 3.97. The van der Waals surface area contributed by atoms with E-state index < -0.39 is 5.97 Å². The Balaban J connectivity index is 2.14. The number of anilines is 1. The Hall–Kier alpha value is -1.33. The summed E-state index contributed by atoms with van der Waals surface area (Å²) in [7, 11) is 0. The van der Waals surface area contributed by atoms with Crippen molar-refractivity contribution < 1.29 is 14.6 Å². The first-order valence-corrected chi connectivity index (χ1v) is 5.72. The molecule has 2 rings (SSSR count). The Morgan fingerprint density at radius 1 is 1.71 bits per heavy atom. The fourth-order valence-corrected chi connectivity index (χ4v) is 1.98. The number of aromatic carboxylic acids is 1. The van der Waals surface area contributed by atoms with E-state index in [0.29, 0.717) is 17.4 Å². The van der Waals surface area contributed by atoms with Crippen molar-refractivity contribution in [3.05, 3.63) is 22.8 Å². The molecule has 1 aliphatic rings.